The maximum absolute atomic E-state index is 12.2. The molecule has 1 aliphatic heterocycles. The number of nitrogens with two attached hydrogens (primary N) is 1. The zero-order chi connectivity index (χ0) is 43.3. The summed E-state index contributed by atoms with van der Waals surface area (Å²) in [4.78, 5) is 38.6. The second kappa shape index (κ2) is 36.8. The predicted molar refractivity (Wildman–Crippen MR) is 258 cm³/mol. The summed E-state index contributed by atoms with van der Waals surface area (Å²) < 4.78 is 0. The average Bonchev–Trinajstić information content (AvgIpc) is 3.27. The van der Waals surface area contributed by atoms with E-state index in [1.54, 1.807) is 23.5 Å². The first kappa shape index (κ1) is 60.4. The van der Waals surface area contributed by atoms with Crippen molar-refractivity contribution in [1.82, 2.24) is 14.9 Å². The summed E-state index contributed by atoms with van der Waals surface area (Å²) in [5, 5.41) is 21.4. The van der Waals surface area contributed by atoms with Crippen molar-refractivity contribution < 1.29 is 76.7 Å². The molecule has 6 rings (SSSR count). The minimum atomic E-state index is -0.913. The van der Waals surface area contributed by atoms with Gasteiger partial charge in [-0.05, 0) is 93.2 Å². The molecule has 1 aliphatic carbocycles. The number of aliphatic imine (C=N–C) groups is 1. The van der Waals surface area contributed by atoms with Crippen molar-refractivity contribution in [3.63, 3.8) is 0 Å². The third kappa shape index (κ3) is 22.1. The van der Waals surface area contributed by atoms with Gasteiger partial charge in [-0.3, -0.25) is 29.4 Å². The second-order valence-corrected chi connectivity index (χ2v) is 15.4. The van der Waals surface area contributed by atoms with E-state index in [1.165, 1.54) is 23.9 Å². The Labute approximate surface area is 419 Å². The van der Waals surface area contributed by atoms with Crippen LogP contribution in [0.15, 0.2) is 89.6 Å². The third-order valence-corrected chi connectivity index (χ3v) is 10.9. The third-order valence-electron chi connectivity index (χ3n) is 9.07. The van der Waals surface area contributed by atoms with E-state index in [2.05, 4.69) is 50.1 Å². The molecule has 0 amide bonds. The molecule has 0 bridgehead atoms. The van der Waals surface area contributed by atoms with Gasteiger partial charge in [0, 0.05) is 46.5 Å². The predicted octanol–water partition coefficient (Wildman–Crippen LogP) is 8.35. The van der Waals surface area contributed by atoms with Gasteiger partial charge < -0.3 is 21.4 Å². The van der Waals surface area contributed by atoms with Gasteiger partial charge in [0.15, 0.2) is 0 Å². The average molecular weight is 955 g/mol. The first-order valence-corrected chi connectivity index (χ1v) is 24.6. The topological polar surface area (TPSA) is 172 Å². The second-order valence-electron chi connectivity index (χ2n) is 12.9. The van der Waals surface area contributed by atoms with Crippen LogP contribution in [0.3, 0.4) is 0 Å². The summed E-state index contributed by atoms with van der Waals surface area (Å²) in [6, 6.07) is 23.2. The van der Waals surface area contributed by atoms with Gasteiger partial charge in [-0.1, -0.05) is 112 Å². The zero-order valence-corrected chi connectivity index (χ0v) is 43.8. The first-order valence-electron chi connectivity index (χ1n) is 20.7. The molecule has 0 saturated carbocycles. The number of alkyl halides is 1. The fraction of sp³-hybridized carbons (Fsp3) is 0.500. The number of pyridine rings is 2. The van der Waals surface area contributed by atoms with Crippen molar-refractivity contribution in [2.24, 2.45) is 16.6 Å². The van der Waals surface area contributed by atoms with Crippen LogP contribution >= 0.6 is 39.5 Å². The number of carbonyl (C=O) groups is 2. The molecule has 2 aromatic heterocycles. The summed E-state index contributed by atoms with van der Waals surface area (Å²) in [7, 11) is 0. The van der Waals surface area contributed by atoms with E-state index >= 15 is 0 Å². The van der Waals surface area contributed by atoms with Crippen molar-refractivity contribution in [1.29, 1.82) is 0 Å². The number of fused-ring (bicyclic) bond motifs is 3. The van der Waals surface area contributed by atoms with E-state index in [1.807, 2.05) is 109 Å². The van der Waals surface area contributed by atoms with Gasteiger partial charge in [0.05, 0.1) is 22.4 Å². The Morgan fingerprint density at radius 1 is 0.783 bits per heavy atom. The van der Waals surface area contributed by atoms with Crippen molar-refractivity contribution in [3.05, 3.63) is 96.0 Å². The molecule has 3 heterocycles. The zero-order valence-electron chi connectivity index (χ0n) is 37.4. The van der Waals surface area contributed by atoms with E-state index < -0.39 is 24.0 Å². The molecular formula is C46H69BrKN5O5S2. The molecule has 4 aromatic rings. The molecular weight excluding hydrogens is 886 g/mol. The molecule has 328 valence electrons. The van der Waals surface area contributed by atoms with E-state index in [4.69, 9.17) is 20.8 Å². The van der Waals surface area contributed by atoms with Crippen LogP contribution in [0.2, 0.25) is 0 Å². The van der Waals surface area contributed by atoms with Crippen LogP contribution in [-0.4, -0.2) is 90.9 Å². The number of aliphatic carboxylic acids is 2. The molecule has 60 heavy (non-hydrogen) atoms. The molecule has 2 aliphatic rings. The van der Waals surface area contributed by atoms with Crippen LogP contribution in [-0.2, 0) is 21.5 Å². The summed E-state index contributed by atoms with van der Waals surface area (Å²) in [5.41, 5.74) is 11.5. The van der Waals surface area contributed by atoms with E-state index in [0.717, 1.165) is 69.6 Å². The Morgan fingerprint density at radius 2 is 1.32 bits per heavy atom. The van der Waals surface area contributed by atoms with Crippen molar-refractivity contribution in [3.8, 4) is 0 Å². The SMILES string of the molecule is BrCc1ccc2ccccc2n1.CC.CC.CC.CSCCC(N)C(=O)O.CSCC[C@@H](C(=O)O)N(CC1=NC2=CCCC[C@H]2CC1)Cc1ccc2ccccc2n1.[K+].[OH-]. The normalized spacial score (nSPS) is 14.5. The van der Waals surface area contributed by atoms with Crippen LogP contribution in [0.25, 0.3) is 21.8 Å². The number of halogens is 1. The number of para-hydroxylation sites is 2. The Balaban J connectivity index is 0. The van der Waals surface area contributed by atoms with E-state index in [9.17, 15) is 14.7 Å². The molecule has 0 spiro atoms. The Bertz CT molecular complexity index is 1840. The number of hydrogen-bond donors (Lipinski definition) is 3. The minimum Gasteiger partial charge on any atom is -0.870 e. The number of hydrogen-bond acceptors (Lipinski definition) is 10. The number of allylic oxidation sites excluding steroid dienone is 2. The molecule has 1 unspecified atom stereocenters. The van der Waals surface area contributed by atoms with Gasteiger partial charge in [-0.25, -0.2) is 0 Å². The first-order chi connectivity index (χ1) is 28.2. The quantitative estimate of drug-likeness (QED) is 0.0820. The smallest absolute Gasteiger partial charge is 0.870 e. The van der Waals surface area contributed by atoms with Crippen LogP contribution in [0.5, 0.6) is 0 Å². The van der Waals surface area contributed by atoms with Crippen LogP contribution < -0.4 is 57.1 Å². The molecule has 5 N–H and O–H groups in total. The Hall–Kier alpha value is -1.69. The number of rotatable bonds is 14. The van der Waals surface area contributed by atoms with Gasteiger partial charge in [0.2, 0.25) is 0 Å². The van der Waals surface area contributed by atoms with Gasteiger partial charge in [0.25, 0.3) is 0 Å². The monoisotopic (exact) mass is 953 g/mol. The Morgan fingerprint density at radius 3 is 1.85 bits per heavy atom. The largest absolute Gasteiger partial charge is 1.00 e. The maximum atomic E-state index is 12.2. The summed E-state index contributed by atoms with van der Waals surface area (Å²) in [6.45, 7) is 13.1. The summed E-state index contributed by atoms with van der Waals surface area (Å²) in [5.74, 6) is 0.552. The summed E-state index contributed by atoms with van der Waals surface area (Å²) >= 11 is 6.67. The molecule has 0 fully saturated rings. The van der Waals surface area contributed by atoms with Crippen molar-refractivity contribution >= 4 is 78.9 Å². The molecule has 0 saturated heterocycles. The molecule has 3 atom stereocenters. The van der Waals surface area contributed by atoms with Crippen molar-refractivity contribution in [2.45, 2.75) is 110 Å². The number of benzene rings is 2. The molecule has 10 nitrogen and oxygen atoms in total. The van der Waals surface area contributed by atoms with E-state index in [0.29, 0.717) is 31.8 Å². The number of carboxylic acids is 2. The molecule has 0 radical (unpaired) electrons. The van der Waals surface area contributed by atoms with Crippen molar-refractivity contribution in [2.75, 3.05) is 30.6 Å². The number of aromatic nitrogens is 2. The van der Waals surface area contributed by atoms with Gasteiger partial charge in [-0.15, -0.1) is 0 Å². The standard InChI is InChI=1S/C25H31N3O2S.C10H8BrN.C5H11NO2S.3C2H6.K.H2O/c1-31-15-14-24(25(29)30)28(16-20-12-10-18-6-2-4-8-22(18)26-20)17-21-13-11-19-7-3-5-9-23(19)27-21;11-7-9-6-5-8-3-1-2-4-10(8)12-9;1-9-3-2-4(6)5(7)8;3*1-2;;/h2,4,6,8-10,12,19,24H,3,5,7,11,13-17H2,1H3,(H,29,30);1-6H,7H2;4H,2-3,6H2,1H3,(H,7,8);3*1-2H3;;1H2/q;;;;;;+1;/p-1/t19-,24-;;;;;;;/m0......./s1. The van der Waals surface area contributed by atoms with Gasteiger partial charge in [0.1, 0.15) is 12.1 Å². The molecule has 2 aromatic carbocycles. The number of carboxylic acid groups (broad SMARTS) is 2. The maximum Gasteiger partial charge on any atom is 1.00 e. The van der Waals surface area contributed by atoms with Crippen LogP contribution in [0, 0.1) is 5.92 Å². The summed E-state index contributed by atoms with van der Waals surface area (Å²) in [6.07, 6.45) is 13.1. The van der Waals surface area contributed by atoms with E-state index in [-0.39, 0.29) is 56.9 Å². The Kier molecular flexibility index (Phi) is 37.0. The number of nitrogens with zero attached hydrogens (tertiary/aromatic N) is 4. The van der Waals surface area contributed by atoms with Gasteiger partial charge in [-0.2, -0.15) is 23.5 Å². The fourth-order valence-corrected chi connectivity index (χ4v) is 7.47. The van der Waals surface area contributed by atoms with Crippen LogP contribution in [0.4, 0.5) is 0 Å². The molecule has 14 heteroatoms. The fourth-order valence-electron chi connectivity index (χ4n) is 6.21. The minimum absolute atomic E-state index is 0. The number of thioether (sulfide) groups is 2. The van der Waals surface area contributed by atoms with Crippen LogP contribution in [0.1, 0.15) is 97.9 Å². The van der Waals surface area contributed by atoms with Gasteiger partial charge >= 0.3 is 63.3 Å².